The number of anilines is 2. The van der Waals surface area contributed by atoms with Crippen LogP contribution < -0.4 is 20.3 Å². The number of aromatic nitrogens is 2. The number of halogens is 2. The van der Waals surface area contributed by atoms with Gasteiger partial charge in [0.2, 0.25) is 0 Å². The fraction of sp³-hybridized carbons (Fsp3) is 0.375. The number of nitrogens with one attached hydrogen (secondary N) is 2. The molecule has 3 N–H and O–H groups in total. The zero-order valence-electron chi connectivity index (χ0n) is 19.7. The summed E-state index contributed by atoms with van der Waals surface area (Å²) in [7, 11) is 3.03. The van der Waals surface area contributed by atoms with E-state index in [4.69, 9.17) is 31.0 Å². The molecule has 2 aromatic carbocycles. The number of hydrogen-bond acceptors (Lipinski definition) is 9. The first-order chi connectivity index (χ1) is 17.0. The number of rotatable bonds is 13. The van der Waals surface area contributed by atoms with Crippen molar-refractivity contribution in [3.63, 3.8) is 0 Å². The molecule has 1 aromatic heterocycles. The van der Waals surface area contributed by atoms with Crippen molar-refractivity contribution in [1.82, 2.24) is 15.4 Å². The van der Waals surface area contributed by atoms with Gasteiger partial charge in [0, 0.05) is 37.7 Å². The summed E-state index contributed by atoms with van der Waals surface area (Å²) in [4.78, 5) is 19.1. The number of carbonyl (C=O) groups excluding carboxylic acids is 1. The Hall–Kier alpha value is -3.05. The van der Waals surface area contributed by atoms with Crippen LogP contribution in [-0.2, 0) is 9.53 Å². The highest BCUT2D eigenvalue weighted by atomic mass is 35.5. The second kappa shape index (κ2) is 15.8. The van der Waals surface area contributed by atoms with Crippen molar-refractivity contribution in [2.45, 2.75) is 25.7 Å². The largest absolute Gasteiger partial charge is 0.490 e. The number of unbranched alkanes of at least 4 members (excludes halogenated alkanes) is 3. The second-order valence-corrected chi connectivity index (χ2v) is 7.63. The number of nitrogens with zero attached hydrogens (tertiary/aromatic N) is 2. The molecule has 0 bridgehead atoms. The molecule has 0 aliphatic heterocycles. The van der Waals surface area contributed by atoms with E-state index in [2.05, 4.69) is 15.3 Å². The van der Waals surface area contributed by atoms with Gasteiger partial charge >= 0.3 is 0 Å². The number of carbonyl (C=O) groups is 1. The summed E-state index contributed by atoms with van der Waals surface area (Å²) in [6.45, 7) is 1.27. The van der Waals surface area contributed by atoms with Crippen LogP contribution in [0.4, 0.5) is 15.9 Å². The third kappa shape index (κ3) is 9.25. The van der Waals surface area contributed by atoms with Crippen LogP contribution in [0.3, 0.4) is 0 Å². The number of methoxy groups -OCH3 is 1. The fourth-order valence-electron chi connectivity index (χ4n) is 3.02. The average molecular weight is 509 g/mol. The SMILES string of the molecule is CNO.COCCOc1cc2c(Nc3ccc(F)c(Cl)c3)ncnc2cc1OCCCCCC=O. The van der Waals surface area contributed by atoms with Crippen LogP contribution in [0.15, 0.2) is 36.7 Å². The molecule has 0 saturated carbocycles. The zero-order valence-corrected chi connectivity index (χ0v) is 20.5. The molecule has 0 amide bonds. The Kier molecular flexibility index (Phi) is 12.7. The fourth-order valence-corrected chi connectivity index (χ4v) is 3.20. The van der Waals surface area contributed by atoms with Crippen molar-refractivity contribution in [2.24, 2.45) is 0 Å². The van der Waals surface area contributed by atoms with Gasteiger partial charge in [0.15, 0.2) is 11.5 Å². The lowest BCUT2D eigenvalue weighted by Gasteiger charge is -2.15. The van der Waals surface area contributed by atoms with Crippen molar-refractivity contribution in [3.8, 4) is 11.5 Å². The van der Waals surface area contributed by atoms with Crippen LogP contribution in [0.1, 0.15) is 25.7 Å². The highest BCUT2D eigenvalue weighted by molar-refractivity contribution is 6.31. The number of benzene rings is 2. The summed E-state index contributed by atoms with van der Waals surface area (Å²) in [5.74, 6) is 1.14. The van der Waals surface area contributed by atoms with Gasteiger partial charge in [0.1, 0.15) is 30.9 Å². The minimum Gasteiger partial charge on any atom is -0.490 e. The Morgan fingerprint density at radius 2 is 1.80 bits per heavy atom. The van der Waals surface area contributed by atoms with Crippen LogP contribution >= 0.6 is 11.6 Å². The number of hydroxylamine groups is 1. The van der Waals surface area contributed by atoms with Crippen molar-refractivity contribution < 1.29 is 28.6 Å². The summed E-state index contributed by atoms with van der Waals surface area (Å²) in [5.41, 5.74) is 3.00. The number of ether oxygens (including phenoxy) is 3. The van der Waals surface area contributed by atoms with Gasteiger partial charge in [-0.25, -0.2) is 19.8 Å². The lowest BCUT2D eigenvalue weighted by Crippen LogP contribution is -2.07. The van der Waals surface area contributed by atoms with E-state index in [1.54, 1.807) is 30.8 Å². The predicted molar refractivity (Wildman–Crippen MR) is 132 cm³/mol. The summed E-state index contributed by atoms with van der Waals surface area (Å²) in [6.07, 6.45) is 5.50. The van der Waals surface area contributed by atoms with E-state index in [0.717, 1.165) is 25.5 Å². The molecule has 11 heteroatoms. The van der Waals surface area contributed by atoms with Crippen LogP contribution in [0.5, 0.6) is 11.5 Å². The molecule has 0 unspecified atom stereocenters. The molecule has 0 radical (unpaired) electrons. The summed E-state index contributed by atoms with van der Waals surface area (Å²) < 4.78 is 30.4. The Labute approximate surface area is 208 Å². The molecule has 0 saturated heterocycles. The number of fused-ring (bicyclic) bond motifs is 1. The van der Waals surface area contributed by atoms with Gasteiger partial charge in [0.05, 0.1) is 23.8 Å². The Morgan fingerprint density at radius 3 is 2.51 bits per heavy atom. The first kappa shape index (κ1) is 28.2. The van der Waals surface area contributed by atoms with Crippen LogP contribution in [0, 0.1) is 5.82 Å². The number of hydrogen-bond donors (Lipinski definition) is 3. The highest BCUT2D eigenvalue weighted by Gasteiger charge is 2.13. The maximum Gasteiger partial charge on any atom is 0.163 e. The van der Waals surface area contributed by atoms with Crippen LogP contribution in [0.2, 0.25) is 5.02 Å². The minimum atomic E-state index is -0.494. The maximum atomic E-state index is 13.5. The van der Waals surface area contributed by atoms with Gasteiger partial charge in [-0.3, -0.25) is 0 Å². The van der Waals surface area contributed by atoms with E-state index in [1.165, 1.54) is 25.5 Å². The highest BCUT2D eigenvalue weighted by Crippen LogP contribution is 2.35. The second-order valence-electron chi connectivity index (χ2n) is 7.22. The maximum absolute atomic E-state index is 13.5. The molecule has 0 spiro atoms. The van der Waals surface area contributed by atoms with Crippen LogP contribution in [-0.4, -0.2) is 55.4 Å². The van der Waals surface area contributed by atoms with E-state index in [9.17, 15) is 9.18 Å². The lowest BCUT2D eigenvalue weighted by atomic mass is 10.2. The van der Waals surface area contributed by atoms with Gasteiger partial charge < -0.3 is 29.5 Å². The normalized spacial score (nSPS) is 10.4. The van der Waals surface area contributed by atoms with E-state index in [1.807, 2.05) is 0 Å². The molecule has 3 rings (SSSR count). The zero-order chi connectivity index (χ0) is 25.5. The van der Waals surface area contributed by atoms with Crippen molar-refractivity contribution in [3.05, 3.63) is 47.5 Å². The molecule has 0 atom stereocenters. The van der Waals surface area contributed by atoms with E-state index in [-0.39, 0.29) is 5.02 Å². The molecular formula is C24H30ClFN4O5. The van der Waals surface area contributed by atoms with Gasteiger partial charge in [-0.2, -0.15) is 0 Å². The van der Waals surface area contributed by atoms with Gasteiger partial charge in [-0.15, -0.1) is 0 Å². The van der Waals surface area contributed by atoms with Crippen molar-refractivity contribution in [1.29, 1.82) is 0 Å². The molecule has 3 aromatic rings. The molecule has 0 fully saturated rings. The topological polar surface area (TPSA) is 115 Å². The number of aldehydes is 1. The third-order valence-corrected chi connectivity index (χ3v) is 4.94. The molecule has 35 heavy (non-hydrogen) atoms. The summed E-state index contributed by atoms with van der Waals surface area (Å²) in [6, 6.07) is 7.96. The standard InChI is InChI=1S/C23H25ClFN3O4.CH5NO/c1-30-10-11-32-21-13-17-20(14-22(21)31-9-5-3-2-4-8-29)26-15-27-23(17)28-16-6-7-19(25)18(24)12-16;1-2-3/h6-8,12-15H,2-5,9-11H2,1H3,(H,26,27,28);2-3H,1H3. The lowest BCUT2D eigenvalue weighted by molar-refractivity contribution is -0.107. The smallest absolute Gasteiger partial charge is 0.163 e. The molecule has 1 heterocycles. The van der Waals surface area contributed by atoms with Gasteiger partial charge in [-0.05, 0) is 43.5 Å². The van der Waals surface area contributed by atoms with E-state index < -0.39 is 5.82 Å². The minimum absolute atomic E-state index is 0.0146. The first-order valence-corrected chi connectivity index (χ1v) is 11.4. The van der Waals surface area contributed by atoms with E-state index >= 15 is 0 Å². The van der Waals surface area contributed by atoms with Gasteiger partial charge in [-0.1, -0.05) is 11.6 Å². The Morgan fingerprint density at radius 1 is 1.06 bits per heavy atom. The molecular weight excluding hydrogens is 479 g/mol. The molecule has 9 nitrogen and oxygen atoms in total. The van der Waals surface area contributed by atoms with E-state index in [0.29, 0.717) is 60.1 Å². The average Bonchev–Trinajstić information content (AvgIpc) is 2.84. The summed E-state index contributed by atoms with van der Waals surface area (Å²) >= 11 is 5.89. The summed E-state index contributed by atoms with van der Waals surface area (Å²) in [5, 5.41) is 11.2. The molecule has 0 aliphatic rings. The van der Waals surface area contributed by atoms with Crippen molar-refractivity contribution in [2.75, 3.05) is 39.3 Å². The quantitative estimate of drug-likeness (QED) is 0.168. The van der Waals surface area contributed by atoms with Crippen molar-refractivity contribution >= 4 is 40.3 Å². The first-order valence-electron chi connectivity index (χ1n) is 11.0. The van der Waals surface area contributed by atoms with Crippen LogP contribution in [0.25, 0.3) is 10.9 Å². The molecule has 0 aliphatic carbocycles. The Balaban J connectivity index is 0.00000137. The molecule has 190 valence electrons. The predicted octanol–water partition coefficient (Wildman–Crippen LogP) is 4.92. The monoisotopic (exact) mass is 508 g/mol. The third-order valence-electron chi connectivity index (χ3n) is 4.65. The Bertz CT molecular complexity index is 1070. The van der Waals surface area contributed by atoms with Gasteiger partial charge in [0.25, 0.3) is 0 Å².